The maximum absolute atomic E-state index is 12.2. The maximum atomic E-state index is 12.2. The van der Waals surface area contributed by atoms with Crippen LogP contribution in [0.25, 0.3) is 5.65 Å². The zero-order valence-electron chi connectivity index (χ0n) is 15.5. The third kappa shape index (κ3) is 4.46. The summed E-state index contributed by atoms with van der Waals surface area (Å²) in [4.78, 5) is 32.2. The van der Waals surface area contributed by atoms with Crippen LogP contribution >= 0.6 is 0 Å². The third-order valence-electron chi connectivity index (χ3n) is 3.94. The van der Waals surface area contributed by atoms with Gasteiger partial charge in [-0.3, -0.25) is 9.59 Å². The molecule has 136 valence electrons. The molecule has 0 aliphatic carbocycles. The molecule has 2 aromatic heterocycles. The smallest absolute Gasteiger partial charge is 0.226 e. The Bertz CT molecular complexity index is 764. The molecule has 0 unspecified atom stereocenters. The number of rotatable bonds is 7. The molecular formula is C17H26N6O2. The fourth-order valence-electron chi connectivity index (χ4n) is 2.62. The lowest BCUT2D eigenvalue weighted by Gasteiger charge is -2.18. The maximum Gasteiger partial charge on any atom is 0.226 e. The van der Waals surface area contributed by atoms with Crippen LogP contribution in [0.2, 0.25) is 0 Å². The van der Waals surface area contributed by atoms with Crippen molar-refractivity contribution >= 4 is 29.1 Å². The zero-order valence-corrected chi connectivity index (χ0v) is 15.5. The number of nitrogens with one attached hydrogen (secondary N) is 1. The summed E-state index contributed by atoms with van der Waals surface area (Å²) in [7, 11) is 3.81. The van der Waals surface area contributed by atoms with Gasteiger partial charge in [-0.2, -0.15) is 9.61 Å². The summed E-state index contributed by atoms with van der Waals surface area (Å²) in [6.45, 7) is 7.06. The molecule has 8 nitrogen and oxygen atoms in total. The minimum atomic E-state index is -0.224. The van der Waals surface area contributed by atoms with Crippen molar-refractivity contribution in [2.75, 3.05) is 37.4 Å². The molecule has 0 aliphatic rings. The number of amides is 2. The van der Waals surface area contributed by atoms with Crippen LogP contribution in [0.15, 0.2) is 12.1 Å². The average molecular weight is 346 g/mol. The molecule has 0 aromatic carbocycles. The second-order valence-corrected chi connectivity index (χ2v) is 6.06. The van der Waals surface area contributed by atoms with Crippen LogP contribution in [0.3, 0.4) is 0 Å². The van der Waals surface area contributed by atoms with Crippen molar-refractivity contribution in [2.24, 2.45) is 0 Å². The number of carbonyl (C=O) groups is 2. The van der Waals surface area contributed by atoms with Crippen molar-refractivity contribution in [3.8, 4) is 0 Å². The number of carbonyl (C=O) groups excluding carboxylic acids is 2. The third-order valence-corrected chi connectivity index (χ3v) is 3.94. The van der Waals surface area contributed by atoms with Crippen molar-refractivity contribution in [2.45, 2.75) is 33.6 Å². The van der Waals surface area contributed by atoms with Gasteiger partial charge in [0.25, 0.3) is 0 Å². The van der Waals surface area contributed by atoms with Gasteiger partial charge in [0, 0.05) is 52.2 Å². The summed E-state index contributed by atoms with van der Waals surface area (Å²) in [5.74, 6) is 1.03. The molecular weight excluding hydrogens is 320 g/mol. The summed E-state index contributed by atoms with van der Waals surface area (Å²) in [6, 6.07) is 3.62. The molecule has 1 N–H and O–H groups in total. The van der Waals surface area contributed by atoms with Crippen LogP contribution in [-0.4, -0.2) is 58.5 Å². The average Bonchev–Trinajstić information content (AvgIpc) is 2.93. The first-order valence-corrected chi connectivity index (χ1v) is 8.48. The van der Waals surface area contributed by atoms with Gasteiger partial charge in [0.05, 0.1) is 5.69 Å². The van der Waals surface area contributed by atoms with E-state index in [4.69, 9.17) is 0 Å². The first-order valence-electron chi connectivity index (χ1n) is 8.48. The van der Waals surface area contributed by atoms with Crippen molar-refractivity contribution in [3.63, 3.8) is 0 Å². The predicted molar refractivity (Wildman–Crippen MR) is 97.8 cm³/mol. The lowest BCUT2D eigenvalue weighted by Crippen LogP contribution is -2.31. The van der Waals surface area contributed by atoms with E-state index >= 15 is 0 Å². The largest absolute Gasteiger partial charge is 0.363 e. The van der Waals surface area contributed by atoms with E-state index in [1.807, 2.05) is 45.8 Å². The normalized spacial score (nSPS) is 10.8. The van der Waals surface area contributed by atoms with Crippen LogP contribution in [-0.2, 0) is 9.59 Å². The molecule has 0 radical (unpaired) electrons. The number of anilines is 2. The molecule has 0 spiro atoms. The Hall–Kier alpha value is -2.64. The van der Waals surface area contributed by atoms with Crippen molar-refractivity contribution in [1.82, 2.24) is 19.5 Å². The molecule has 25 heavy (non-hydrogen) atoms. The summed E-state index contributed by atoms with van der Waals surface area (Å²) >= 11 is 0. The van der Waals surface area contributed by atoms with Crippen LogP contribution in [0.4, 0.5) is 11.6 Å². The monoisotopic (exact) mass is 346 g/mol. The standard InChI is InChI=1S/C17H26N6O2/c1-6-22(7-2)17(25)9-8-15(24)19-13-11-16(21(4)5)23-14(18-13)10-12(3)20-23/h10-11H,6-9H2,1-5H3,(H,18,19,24). The fourth-order valence-corrected chi connectivity index (χ4v) is 2.62. The molecule has 2 amide bonds. The number of nitrogens with zero attached hydrogens (tertiary/aromatic N) is 5. The van der Waals surface area contributed by atoms with E-state index in [2.05, 4.69) is 15.4 Å². The molecule has 8 heteroatoms. The van der Waals surface area contributed by atoms with E-state index in [1.54, 1.807) is 15.5 Å². The summed E-state index contributed by atoms with van der Waals surface area (Å²) in [5, 5.41) is 7.18. The van der Waals surface area contributed by atoms with Crippen LogP contribution in [0.5, 0.6) is 0 Å². The van der Waals surface area contributed by atoms with Crippen molar-refractivity contribution in [1.29, 1.82) is 0 Å². The van der Waals surface area contributed by atoms with E-state index < -0.39 is 0 Å². The SMILES string of the molecule is CCN(CC)C(=O)CCC(=O)Nc1cc(N(C)C)n2nc(C)cc2n1. The topological polar surface area (TPSA) is 82.8 Å². The van der Waals surface area contributed by atoms with Gasteiger partial charge >= 0.3 is 0 Å². The van der Waals surface area contributed by atoms with Gasteiger partial charge in [-0.05, 0) is 20.8 Å². The van der Waals surface area contributed by atoms with Gasteiger partial charge in [0.2, 0.25) is 11.8 Å². The minimum Gasteiger partial charge on any atom is -0.363 e. The van der Waals surface area contributed by atoms with E-state index in [0.717, 1.165) is 11.5 Å². The van der Waals surface area contributed by atoms with Gasteiger partial charge in [0.1, 0.15) is 11.6 Å². The Kier molecular flexibility index (Phi) is 5.95. The number of aryl methyl sites for hydroxylation is 1. The number of aromatic nitrogens is 3. The molecule has 0 saturated carbocycles. The highest BCUT2D eigenvalue weighted by molar-refractivity contribution is 5.93. The minimum absolute atomic E-state index is 0.0102. The first kappa shape index (κ1) is 18.7. The number of hydrogen-bond donors (Lipinski definition) is 1. The van der Waals surface area contributed by atoms with E-state index in [0.29, 0.717) is 24.6 Å². The van der Waals surface area contributed by atoms with Gasteiger partial charge in [-0.25, -0.2) is 4.98 Å². The lowest BCUT2D eigenvalue weighted by molar-refractivity contribution is -0.132. The van der Waals surface area contributed by atoms with E-state index in [1.165, 1.54) is 0 Å². The molecule has 2 aromatic rings. The molecule has 2 rings (SSSR count). The fraction of sp³-hybridized carbons (Fsp3) is 0.529. The predicted octanol–water partition coefficient (Wildman–Crippen LogP) is 1.69. The quantitative estimate of drug-likeness (QED) is 0.825. The van der Waals surface area contributed by atoms with E-state index in [9.17, 15) is 9.59 Å². The Balaban J connectivity index is 2.09. The number of fused-ring (bicyclic) bond motifs is 1. The first-order chi connectivity index (χ1) is 11.8. The van der Waals surface area contributed by atoms with Crippen LogP contribution in [0, 0.1) is 6.92 Å². The Morgan fingerprint density at radius 3 is 2.44 bits per heavy atom. The van der Waals surface area contributed by atoms with Crippen molar-refractivity contribution < 1.29 is 9.59 Å². The Morgan fingerprint density at radius 1 is 1.16 bits per heavy atom. The molecule has 2 heterocycles. The molecule has 0 atom stereocenters. The molecule has 0 fully saturated rings. The lowest BCUT2D eigenvalue weighted by atomic mass is 10.2. The summed E-state index contributed by atoms with van der Waals surface area (Å²) < 4.78 is 1.73. The molecule has 0 bridgehead atoms. The van der Waals surface area contributed by atoms with Gasteiger partial charge in [-0.15, -0.1) is 0 Å². The van der Waals surface area contributed by atoms with Gasteiger partial charge < -0.3 is 15.1 Å². The highest BCUT2D eigenvalue weighted by Gasteiger charge is 2.14. The Labute approximate surface area is 147 Å². The molecule has 0 saturated heterocycles. The Morgan fingerprint density at radius 2 is 1.84 bits per heavy atom. The summed E-state index contributed by atoms with van der Waals surface area (Å²) in [6.07, 6.45) is 0.333. The highest BCUT2D eigenvalue weighted by atomic mass is 16.2. The van der Waals surface area contributed by atoms with Crippen LogP contribution < -0.4 is 10.2 Å². The van der Waals surface area contributed by atoms with Gasteiger partial charge in [-0.1, -0.05) is 0 Å². The van der Waals surface area contributed by atoms with Gasteiger partial charge in [0.15, 0.2) is 5.65 Å². The van der Waals surface area contributed by atoms with Crippen LogP contribution in [0.1, 0.15) is 32.4 Å². The van der Waals surface area contributed by atoms with Crippen molar-refractivity contribution in [3.05, 3.63) is 17.8 Å². The number of hydrogen-bond acceptors (Lipinski definition) is 5. The second-order valence-electron chi connectivity index (χ2n) is 6.06. The summed E-state index contributed by atoms with van der Waals surface area (Å²) in [5.41, 5.74) is 1.52. The molecule has 0 aliphatic heterocycles. The second kappa shape index (κ2) is 7.96. The zero-order chi connectivity index (χ0) is 18.6. The van der Waals surface area contributed by atoms with E-state index in [-0.39, 0.29) is 24.7 Å². The highest BCUT2D eigenvalue weighted by Crippen LogP contribution is 2.19.